The molecule has 8 nitrogen and oxygen atoms in total. The van der Waals surface area contributed by atoms with E-state index in [1.165, 1.54) is 18.2 Å². The maximum absolute atomic E-state index is 13.8. The first-order valence-electron chi connectivity index (χ1n) is 17.6. The molecule has 0 unspecified atom stereocenters. The molecule has 0 aromatic heterocycles. The number of hydrogen-bond acceptors (Lipinski definition) is 8. The molecule has 7 aromatic carbocycles. The molecule has 0 amide bonds. The Bertz CT molecular complexity index is 2920. The summed E-state index contributed by atoms with van der Waals surface area (Å²) in [5.41, 5.74) is 0.278. The van der Waals surface area contributed by atoms with Gasteiger partial charge in [-0.05, 0) is 89.0 Å². The molecule has 7 aromatic rings. The van der Waals surface area contributed by atoms with Crippen molar-refractivity contribution in [3.05, 3.63) is 163 Å². The number of fused-ring (bicyclic) bond motifs is 2. The molecule has 0 saturated heterocycles. The summed E-state index contributed by atoms with van der Waals surface area (Å²) in [5.74, 6) is -2.06. The molecular weight excluding hydrogens is 847 g/mol. The van der Waals surface area contributed by atoms with Gasteiger partial charge in [0.05, 0.1) is 26.7 Å². The van der Waals surface area contributed by atoms with Crippen molar-refractivity contribution in [3.8, 4) is 11.5 Å². The fourth-order valence-electron chi connectivity index (χ4n) is 6.37. The van der Waals surface area contributed by atoms with Gasteiger partial charge in [-0.1, -0.05) is 101 Å². The standard InChI is InChI=1S/C44H27Cl4F3N4O4/c1-22-10-12-32(45)36(14-22)52-54-40-28-8-4-2-6-23(28)15-30(42(40)58)38(56)19-25-17-35(48)26(18-34(25)47)20-39(57)31-16-24-7-3-5-9-29(24)41(43(31)59)55-53-37-21-27(44(49,50)51)11-13-33(37)46/h2-18,21,58-59H,19-20H2,1H3. The summed E-state index contributed by atoms with van der Waals surface area (Å²) < 4.78 is 40.1. The fraction of sp³-hybridized carbons (Fsp3) is 0.0909. The molecular formula is C44H27Cl4F3N4O4. The molecule has 59 heavy (non-hydrogen) atoms. The number of halogens is 7. The van der Waals surface area contributed by atoms with Crippen LogP contribution in [0.2, 0.25) is 20.1 Å². The van der Waals surface area contributed by atoms with Crippen LogP contribution in [-0.2, 0) is 19.0 Å². The highest BCUT2D eigenvalue weighted by atomic mass is 35.5. The molecule has 2 N–H and O–H groups in total. The van der Waals surface area contributed by atoms with Crippen LogP contribution in [0.3, 0.4) is 0 Å². The topological polar surface area (TPSA) is 124 Å². The first-order valence-corrected chi connectivity index (χ1v) is 19.1. The Kier molecular flexibility index (Phi) is 11.8. The van der Waals surface area contributed by atoms with Crippen molar-refractivity contribution in [1.82, 2.24) is 0 Å². The minimum atomic E-state index is -4.66. The van der Waals surface area contributed by atoms with Crippen LogP contribution in [0, 0.1) is 6.92 Å². The van der Waals surface area contributed by atoms with Gasteiger partial charge in [-0.2, -0.15) is 13.2 Å². The van der Waals surface area contributed by atoms with Gasteiger partial charge in [0.15, 0.2) is 23.1 Å². The van der Waals surface area contributed by atoms with E-state index >= 15 is 0 Å². The van der Waals surface area contributed by atoms with Crippen molar-refractivity contribution in [3.63, 3.8) is 0 Å². The molecule has 15 heteroatoms. The van der Waals surface area contributed by atoms with Crippen LogP contribution < -0.4 is 0 Å². The number of azo groups is 2. The monoisotopic (exact) mass is 872 g/mol. The Balaban J connectivity index is 1.16. The molecule has 0 atom stereocenters. The normalized spacial score (nSPS) is 12.0. The number of nitrogens with zero attached hydrogens (tertiary/aromatic N) is 4. The molecule has 296 valence electrons. The molecule has 0 saturated carbocycles. The summed E-state index contributed by atoms with van der Waals surface area (Å²) >= 11 is 25.8. The second-order valence-corrected chi connectivity index (χ2v) is 15.1. The van der Waals surface area contributed by atoms with E-state index in [-0.39, 0.29) is 61.7 Å². The van der Waals surface area contributed by atoms with Crippen LogP contribution in [0.4, 0.5) is 35.9 Å². The minimum Gasteiger partial charge on any atom is -0.505 e. The predicted octanol–water partition coefficient (Wildman–Crippen LogP) is 15.0. The average Bonchev–Trinajstić information content (AvgIpc) is 3.19. The van der Waals surface area contributed by atoms with Crippen LogP contribution in [0.15, 0.2) is 130 Å². The number of aryl methyl sites for hydroxylation is 1. The molecule has 0 fully saturated rings. The number of phenols is 2. The minimum absolute atomic E-state index is 0.0329. The Morgan fingerprint density at radius 2 is 1.00 bits per heavy atom. The lowest BCUT2D eigenvalue weighted by atomic mass is 9.95. The molecule has 0 bridgehead atoms. The second-order valence-electron chi connectivity index (χ2n) is 13.4. The quantitative estimate of drug-likeness (QED) is 0.105. The van der Waals surface area contributed by atoms with Crippen LogP contribution in [0.5, 0.6) is 11.5 Å². The Hall–Kier alpha value is -5.85. The first kappa shape index (κ1) is 41.3. The van der Waals surface area contributed by atoms with E-state index in [4.69, 9.17) is 46.4 Å². The highest BCUT2D eigenvalue weighted by Crippen LogP contribution is 2.43. The van der Waals surface area contributed by atoms with Gasteiger partial charge in [-0.15, -0.1) is 20.5 Å². The Morgan fingerprint density at radius 1 is 0.559 bits per heavy atom. The van der Waals surface area contributed by atoms with Crippen molar-refractivity contribution in [1.29, 1.82) is 0 Å². The highest BCUT2D eigenvalue weighted by Gasteiger charge is 2.31. The second kappa shape index (κ2) is 16.8. The van der Waals surface area contributed by atoms with Crippen molar-refractivity contribution < 1.29 is 33.0 Å². The molecule has 0 heterocycles. The van der Waals surface area contributed by atoms with E-state index in [0.29, 0.717) is 37.8 Å². The maximum atomic E-state index is 13.8. The van der Waals surface area contributed by atoms with Gasteiger partial charge in [0.25, 0.3) is 0 Å². The van der Waals surface area contributed by atoms with Crippen molar-refractivity contribution in [2.24, 2.45) is 20.5 Å². The third-order valence-electron chi connectivity index (χ3n) is 9.40. The van der Waals surface area contributed by atoms with Gasteiger partial charge in [-0.25, -0.2) is 0 Å². The smallest absolute Gasteiger partial charge is 0.416 e. The van der Waals surface area contributed by atoms with E-state index in [9.17, 15) is 33.0 Å². The van der Waals surface area contributed by atoms with Gasteiger partial charge in [-0.3, -0.25) is 9.59 Å². The van der Waals surface area contributed by atoms with E-state index in [2.05, 4.69) is 20.5 Å². The summed E-state index contributed by atoms with van der Waals surface area (Å²) in [5, 5.41) is 41.7. The number of carbonyl (C=O) groups excluding carboxylic acids is 2. The Morgan fingerprint density at radius 3 is 1.47 bits per heavy atom. The summed E-state index contributed by atoms with van der Waals surface area (Å²) in [4.78, 5) is 27.6. The van der Waals surface area contributed by atoms with Crippen LogP contribution >= 0.6 is 46.4 Å². The van der Waals surface area contributed by atoms with E-state index < -0.39 is 34.8 Å². The summed E-state index contributed by atoms with van der Waals surface area (Å²) in [7, 11) is 0. The zero-order valence-electron chi connectivity index (χ0n) is 30.5. The van der Waals surface area contributed by atoms with Crippen molar-refractivity contribution in [2.75, 3.05) is 0 Å². The number of benzene rings is 7. The van der Waals surface area contributed by atoms with Crippen molar-refractivity contribution in [2.45, 2.75) is 25.9 Å². The zero-order chi connectivity index (χ0) is 42.2. The molecule has 0 radical (unpaired) electrons. The third-order valence-corrected chi connectivity index (χ3v) is 10.7. The predicted molar refractivity (Wildman–Crippen MR) is 225 cm³/mol. The molecule has 7 rings (SSSR count). The molecule has 0 spiro atoms. The van der Waals surface area contributed by atoms with E-state index in [0.717, 1.165) is 23.8 Å². The number of alkyl halides is 3. The number of rotatable bonds is 10. The largest absolute Gasteiger partial charge is 0.505 e. The molecule has 0 aliphatic heterocycles. The van der Waals surface area contributed by atoms with Gasteiger partial charge < -0.3 is 10.2 Å². The number of hydrogen-bond donors (Lipinski definition) is 2. The van der Waals surface area contributed by atoms with Gasteiger partial charge >= 0.3 is 6.18 Å². The summed E-state index contributed by atoms with van der Waals surface area (Å²) in [6.07, 6.45) is -5.29. The fourth-order valence-corrected chi connectivity index (χ4v) is 7.19. The number of aromatic hydroxyl groups is 2. The zero-order valence-corrected chi connectivity index (χ0v) is 33.5. The van der Waals surface area contributed by atoms with Gasteiger partial charge in [0, 0.05) is 33.7 Å². The van der Waals surface area contributed by atoms with Crippen LogP contribution in [-0.4, -0.2) is 21.8 Å². The van der Waals surface area contributed by atoms with Crippen molar-refractivity contribution >= 4 is 102 Å². The van der Waals surface area contributed by atoms with Gasteiger partial charge in [0.2, 0.25) is 0 Å². The average molecular weight is 875 g/mol. The number of ketones is 2. The van der Waals surface area contributed by atoms with Crippen LogP contribution in [0.25, 0.3) is 21.5 Å². The molecule has 0 aliphatic rings. The highest BCUT2D eigenvalue weighted by molar-refractivity contribution is 6.35. The van der Waals surface area contributed by atoms with E-state index in [1.807, 2.05) is 13.0 Å². The summed E-state index contributed by atoms with van der Waals surface area (Å²) in [6.45, 7) is 1.87. The molecule has 0 aliphatic carbocycles. The summed E-state index contributed by atoms with van der Waals surface area (Å²) in [6, 6.07) is 27.4. The SMILES string of the molecule is Cc1ccc(Cl)c(N=Nc2c(O)c(C(=O)Cc3cc(Cl)c(CC(=O)c4cc5ccccc5c(N=Nc5cc(C(F)(F)F)ccc5Cl)c4O)cc3Cl)cc3ccccc23)c1. The van der Waals surface area contributed by atoms with E-state index in [1.54, 1.807) is 66.7 Å². The number of Topliss-reactive ketones (excluding diaryl/α,β-unsaturated/α-hetero) is 2. The Labute approximate surface area is 354 Å². The lowest BCUT2D eigenvalue weighted by molar-refractivity contribution is -0.137. The van der Waals surface area contributed by atoms with Crippen LogP contribution in [0.1, 0.15) is 43.0 Å². The lowest BCUT2D eigenvalue weighted by Gasteiger charge is -2.13. The third kappa shape index (κ3) is 8.79. The lowest BCUT2D eigenvalue weighted by Crippen LogP contribution is -2.08. The maximum Gasteiger partial charge on any atom is 0.416 e. The van der Waals surface area contributed by atoms with Gasteiger partial charge in [0.1, 0.15) is 22.7 Å². The first-order chi connectivity index (χ1) is 28.1. The number of carbonyl (C=O) groups is 2. The number of phenolic OH excluding ortho intramolecular Hbond substituents is 2.